The Hall–Kier alpha value is -1.99. The zero-order valence-electron chi connectivity index (χ0n) is 15.3. The third-order valence-electron chi connectivity index (χ3n) is 5.12. The van der Waals surface area contributed by atoms with E-state index >= 15 is 0 Å². The Bertz CT molecular complexity index is 653. The van der Waals surface area contributed by atoms with Crippen molar-refractivity contribution in [3.05, 3.63) is 36.4 Å². The molecule has 0 unspecified atom stereocenters. The molecule has 0 amide bonds. The monoisotopic (exact) mass is 356 g/mol. The second kappa shape index (κ2) is 8.60. The van der Waals surface area contributed by atoms with E-state index in [4.69, 9.17) is 4.74 Å². The van der Waals surface area contributed by atoms with Gasteiger partial charge in [0.05, 0.1) is 12.6 Å². The van der Waals surface area contributed by atoms with Crippen LogP contribution in [0.5, 0.6) is 0 Å². The first-order chi connectivity index (χ1) is 12.9. The Labute approximate surface area is 155 Å². The van der Waals surface area contributed by atoms with Crippen LogP contribution in [0.15, 0.2) is 30.9 Å². The molecular formula is C19H28N6O. The lowest BCUT2D eigenvalue weighted by atomic mass is 10.1. The van der Waals surface area contributed by atoms with Crippen LogP contribution in [0.2, 0.25) is 0 Å². The highest BCUT2D eigenvalue weighted by molar-refractivity contribution is 5.30. The van der Waals surface area contributed by atoms with E-state index in [0.29, 0.717) is 0 Å². The molecule has 7 heteroatoms. The number of anilines is 1. The minimum atomic E-state index is 0.172. The van der Waals surface area contributed by atoms with Crippen molar-refractivity contribution in [2.75, 3.05) is 37.7 Å². The van der Waals surface area contributed by atoms with Crippen LogP contribution in [0, 0.1) is 0 Å². The first-order valence-electron chi connectivity index (χ1n) is 9.74. The van der Waals surface area contributed by atoms with E-state index in [-0.39, 0.29) is 6.10 Å². The van der Waals surface area contributed by atoms with Crippen molar-refractivity contribution in [1.29, 1.82) is 0 Å². The zero-order chi connectivity index (χ0) is 17.6. The summed E-state index contributed by atoms with van der Waals surface area (Å²) >= 11 is 0. The summed E-state index contributed by atoms with van der Waals surface area (Å²) in [6, 6.07) is 1.95. The maximum atomic E-state index is 6.00. The molecule has 4 rings (SSSR count). The van der Waals surface area contributed by atoms with Crippen molar-refractivity contribution in [2.45, 2.75) is 44.9 Å². The van der Waals surface area contributed by atoms with E-state index in [1.807, 2.05) is 35.5 Å². The summed E-state index contributed by atoms with van der Waals surface area (Å²) < 4.78 is 7.95. The number of piperidine rings is 1. The van der Waals surface area contributed by atoms with Gasteiger partial charge in [0.25, 0.3) is 0 Å². The average Bonchev–Trinajstić information content (AvgIpc) is 3.09. The van der Waals surface area contributed by atoms with Crippen LogP contribution < -0.4 is 4.90 Å². The largest absolute Gasteiger partial charge is 0.375 e. The number of nitrogens with zero attached hydrogens (tertiary/aromatic N) is 6. The molecule has 1 atom stereocenters. The standard InChI is InChI=1S/C19H28N6O/c1-2-8-24(9-3-1)19-20-12-17(13-21-19)14-23-7-5-11-26-18(15-23)16-25-10-4-6-22-25/h4,6,10,12-13,18H,1-3,5,7-9,11,14-16H2/t18-/m1/s1. The SMILES string of the molecule is c1cnn(C[C@H]2CN(Cc3cnc(N4CCCCC4)nc3)CCCO2)c1. The Balaban J connectivity index is 1.34. The quantitative estimate of drug-likeness (QED) is 0.816. The van der Waals surface area contributed by atoms with E-state index in [9.17, 15) is 0 Å². The highest BCUT2D eigenvalue weighted by atomic mass is 16.5. The fourth-order valence-electron chi connectivity index (χ4n) is 3.79. The summed E-state index contributed by atoms with van der Waals surface area (Å²) in [5.74, 6) is 0.879. The van der Waals surface area contributed by atoms with Gasteiger partial charge in [0, 0.05) is 69.7 Å². The van der Waals surface area contributed by atoms with E-state index < -0.39 is 0 Å². The lowest BCUT2D eigenvalue weighted by Gasteiger charge is -2.27. The van der Waals surface area contributed by atoms with Crippen molar-refractivity contribution in [3.8, 4) is 0 Å². The molecule has 2 fully saturated rings. The molecule has 2 aliphatic heterocycles. The van der Waals surface area contributed by atoms with Gasteiger partial charge in [-0.15, -0.1) is 0 Å². The van der Waals surface area contributed by atoms with Gasteiger partial charge >= 0.3 is 0 Å². The van der Waals surface area contributed by atoms with Gasteiger partial charge in [0.1, 0.15) is 0 Å². The van der Waals surface area contributed by atoms with Gasteiger partial charge in [0.2, 0.25) is 5.95 Å². The van der Waals surface area contributed by atoms with Crippen molar-refractivity contribution in [3.63, 3.8) is 0 Å². The van der Waals surface area contributed by atoms with Crippen molar-refractivity contribution in [1.82, 2.24) is 24.6 Å². The minimum absolute atomic E-state index is 0.172. The molecule has 0 bridgehead atoms. The maximum absolute atomic E-state index is 6.00. The molecule has 4 heterocycles. The number of ether oxygens (including phenoxy) is 1. The first-order valence-corrected chi connectivity index (χ1v) is 9.74. The van der Waals surface area contributed by atoms with Gasteiger partial charge in [0.15, 0.2) is 0 Å². The summed E-state index contributed by atoms with van der Waals surface area (Å²) in [5, 5.41) is 4.30. The molecule has 2 aromatic heterocycles. The summed E-state index contributed by atoms with van der Waals surface area (Å²) in [4.78, 5) is 14.0. The third kappa shape index (κ3) is 4.59. The fraction of sp³-hybridized carbons (Fsp3) is 0.632. The Morgan fingerprint density at radius 3 is 2.65 bits per heavy atom. The number of aromatic nitrogens is 4. The van der Waals surface area contributed by atoms with Crippen molar-refractivity contribution in [2.24, 2.45) is 0 Å². The van der Waals surface area contributed by atoms with Crippen LogP contribution in [0.25, 0.3) is 0 Å². The van der Waals surface area contributed by atoms with Gasteiger partial charge in [-0.1, -0.05) is 0 Å². The molecule has 0 aromatic carbocycles. The Kier molecular flexibility index (Phi) is 5.76. The normalized spacial score (nSPS) is 22.3. The summed E-state index contributed by atoms with van der Waals surface area (Å²) in [5.41, 5.74) is 1.17. The molecule has 26 heavy (non-hydrogen) atoms. The summed E-state index contributed by atoms with van der Waals surface area (Å²) in [6.07, 6.45) is 12.8. The van der Waals surface area contributed by atoms with Gasteiger partial charge in [-0.05, 0) is 31.7 Å². The second-order valence-corrected chi connectivity index (χ2v) is 7.25. The minimum Gasteiger partial charge on any atom is -0.375 e. The third-order valence-corrected chi connectivity index (χ3v) is 5.12. The van der Waals surface area contributed by atoms with Crippen LogP contribution in [0.4, 0.5) is 5.95 Å². The number of hydrogen-bond donors (Lipinski definition) is 0. The molecule has 140 valence electrons. The van der Waals surface area contributed by atoms with Gasteiger partial charge in [-0.2, -0.15) is 5.10 Å². The van der Waals surface area contributed by atoms with Gasteiger partial charge in [-0.25, -0.2) is 9.97 Å². The number of hydrogen-bond acceptors (Lipinski definition) is 6. The smallest absolute Gasteiger partial charge is 0.225 e. The highest BCUT2D eigenvalue weighted by Gasteiger charge is 2.20. The van der Waals surface area contributed by atoms with E-state index in [0.717, 1.165) is 58.2 Å². The van der Waals surface area contributed by atoms with Gasteiger partial charge < -0.3 is 9.64 Å². The van der Waals surface area contributed by atoms with E-state index in [1.54, 1.807) is 0 Å². The molecule has 0 spiro atoms. The molecule has 0 radical (unpaired) electrons. The molecule has 7 nitrogen and oxygen atoms in total. The van der Waals surface area contributed by atoms with Gasteiger partial charge in [-0.3, -0.25) is 9.58 Å². The molecule has 0 aliphatic carbocycles. The topological polar surface area (TPSA) is 59.3 Å². The maximum Gasteiger partial charge on any atom is 0.225 e. The van der Waals surface area contributed by atoms with E-state index in [1.165, 1.54) is 24.8 Å². The van der Waals surface area contributed by atoms with Crippen molar-refractivity contribution < 1.29 is 4.74 Å². The summed E-state index contributed by atoms with van der Waals surface area (Å²) in [6.45, 7) is 6.60. The van der Waals surface area contributed by atoms with Crippen LogP contribution in [-0.2, 0) is 17.8 Å². The molecule has 2 aliphatic rings. The molecule has 2 aromatic rings. The van der Waals surface area contributed by atoms with Crippen LogP contribution >= 0.6 is 0 Å². The summed E-state index contributed by atoms with van der Waals surface area (Å²) in [7, 11) is 0. The second-order valence-electron chi connectivity index (χ2n) is 7.25. The average molecular weight is 356 g/mol. The zero-order valence-corrected chi connectivity index (χ0v) is 15.3. The molecule has 2 saturated heterocycles. The number of rotatable bonds is 5. The molecular weight excluding hydrogens is 328 g/mol. The highest BCUT2D eigenvalue weighted by Crippen LogP contribution is 2.16. The van der Waals surface area contributed by atoms with Crippen LogP contribution in [0.1, 0.15) is 31.2 Å². The van der Waals surface area contributed by atoms with Crippen LogP contribution in [-0.4, -0.2) is 63.5 Å². The lowest BCUT2D eigenvalue weighted by molar-refractivity contribution is 0.0391. The Morgan fingerprint density at radius 2 is 1.88 bits per heavy atom. The van der Waals surface area contributed by atoms with Crippen molar-refractivity contribution >= 4 is 5.95 Å². The fourth-order valence-corrected chi connectivity index (χ4v) is 3.79. The predicted octanol–water partition coefficient (Wildman–Crippen LogP) is 1.95. The molecule has 0 N–H and O–H groups in total. The molecule has 0 saturated carbocycles. The van der Waals surface area contributed by atoms with E-state index in [2.05, 4.69) is 24.9 Å². The Morgan fingerprint density at radius 1 is 1.04 bits per heavy atom. The first kappa shape index (κ1) is 17.4. The predicted molar refractivity (Wildman–Crippen MR) is 100.0 cm³/mol. The lowest BCUT2D eigenvalue weighted by Crippen LogP contribution is -2.34. The van der Waals surface area contributed by atoms with Crippen LogP contribution in [0.3, 0.4) is 0 Å².